The van der Waals surface area contributed by atoms with Gasteiger partial charge >= 0.3 is 0 Å². The van der Waals surface area contributed by atoms with Crippen molar-refractivity contribution < 1.29 is 17.9 Å². The Morgan fingerprint density at radius 3 is 2.54 bits per heavy atom. The van der Waals surface area contributed by atoms with Gasteiger partial charge in [-0.2, -0.15) is 9.49 Å². The van der Waals surface area contributed by atoms with E-state index in [4.69, 9.17) is 0 Å². The molecule has 2 aliphatic rings. The minimum absolute atomic E-state index is 0.0826. The molecule has 3 N–H and O–H groups in total. The molecule has 204 valence electrons. The Labute approximate surface area is 236 Å². The Bertz CT molecular complexity index is 1770. The minimum Gasteiger partial charge on any atom is -0.350 e. The molecule has 0 spiro atoms. The lowest BCUT2D eigenvalue weighted by molar-refractivity contribution is 0.491. The van der Waals surface area contributed by atoms with Crippen molar-refractivity contribution in [3.05, 3.63) is 78.4 Å². The summed E-state index contributed by atoms with van der Waals surface area (Å²) >= 11 is 1.95. The van der Waals surface area contributed by atoms with Crippen LogP contribution in [0.5, 0.6) is 0 Å². The number of aryl methyl sites for hydroxylation is 1. The lowest BCUT2D eigenvalue weighted by atomic mass is 10.1. The zero-order valence-electron chi connectivity index (χ0n) is 20.7. The number of nitrogens with zero attached hydrogens (tertiary/aromatic N) is 4. The molecule has 2 aromatic carbocycles. The van der Waals surface area contributed by atoms with E-state index in [1.807, 2.05) is 22.6 Å². The highest BCUT2D eigenvalue weighted by Gasteiger charge is 2.32. The molecular weight excluding hydrogens is 643 g/mol. The molecule has 39 heavy (non-hydrogen) atoms. The van der Waals surface area contributed by atoms with Gasteiger partial charge in [0.05, 0.1) is 39.8 Å². The molecule has 0 bridgehead atoms. The van der Waals surface area contributed by atoms with Crippen LogP contribution in [0.15, 0.2) is 52.1 Å². The molecule has 0 unspecified atom stereocenters. The summed E-state index contributed by atoms with van der Waals surface area (Å²) in [7, 11) is -1.60. The fraction of sp³-hybridized carbons (Fsp3) is 0.269. The van der Waals surface area contributed by atoms with Crippen LogP contribution in [0.3, 0.4) is 0 Å². The van der Waals surface area contributed by atoms with Gasteiger partial charge in [0.2, 0.25) is 5.82 Å². The average molecular weight is 667 g/mol. The number of fused-ring (bicyclic) bond motifs is 1. The number of halogens is 3. The summed E-state index contributed by atoms with van der Waals surface area (Å²) in [6.45, 7) is 0.459. The van der Waals surface area contributed by atoms with Crippen LogP contribution in [0, 0.1) is 15.2 Å². The molecule has 9 nitrogen and oxygen atoms in total. The summed E-state index contributed by atoms with van der Waals surface area (Å²) in [5.41, 5.74) is -0.711. The Balaban J connectivity index is 1.63. The van der Waals surface area contributed by atoms with Crippen molar-refractivity contribution in [2.24, 2.45) is 7.05 Å². The number of nitrogens with one attached hydrogen (secondary N) is 1. The summed E-state index contributed by atoms with van der Waals surface area (Å²) in [5.74, 6) is -1.60. The van der Waals surface area contributed by atoms with E-state index in [1.165, 1.54) is 23.9 Å². The summed E-state index contributed by atoms with van der Waals surface area (Å²) < 4.78 is 55.8. The van der Waals surface area contributed by atoms with Gasteiger partial charge in [0, 0.05) is 22.7 Å². The van der Waals surface area contributed by atoms with Crippen LogP contribution in [0.1, 0.15) is 25.3 Å². The third-order valence-corrected chi connectivity index (χ3v) is 9.62. The lowest BCUT2D eigenvalue weighted by Crippen LogP contribution is -2.30. The van der Waals surface area contributed by atoms with E-state index < -0.39 is 39.2 Å². The normalized spacial score (nSPS) is 17.5. The summed E-state index contributed by atoms with van der Waals surface area (Å²) in [6, 6.07) is 11.0. The highest BCUT2D eigenvalue weighted by atomic mass is 127. The number of hydrogen-bond donors (Lipinski definition) is 3. The topological polar surface area (TPSA) is 113 Å². The SMILES string of the molecule is Cn1c(=O)c(F)c(Nc2ccc(I)cc2F)c2c(=O)n(C3CC3)nc(-c3cccc(N4CCCS4(O)O)c3)c21. The Morgan fingerprint density at radius 1 is 1.10 bits per heavy atom. The maximum Gasteiger partial charge on any atom is 0.289 e. The van der Waals surface area contributed by atoms with Crippen LogP contribution in [-0.2, 0) is 7.05 Å². The molecule has 4 aromatic rings. The average Bonchev–Trinajstić information content (AvgIpc) is 3.68. The molecule has 0 amide bonds. The van der Waals surface area contributed by atoms with Gasteiger partial charge in [-0.15, -0.1) is 10.8 Å². The van der Waals surface area contributed by atoms with Gasteiger partial charge in [-0.05, 0) is 72.2 Å². The van der Waals surface area contributed by atoms with Crippen molar-refractivity contribution in [3.8, 4) is 11.3 Å². The van der Waals surface area contributed by atoms with Crippen LogP contribution in [0.4, 0.5) is 25.8 Å². The summed E-state index contributed by atoms with van der Waals surface area (Å²) in [6.07, 6.45) is 2.06. The highest BCUT2D eigenvalue weighted by molar-refractivity contribution is 14.1. The van der Waals surface area contributed by atoms with Crippen LogP contribution < -0.4 is 20.7 Å². The van der Waals surface area contributed by atoms with Gasteiger partial charge in [-0.3, -0.25) is 23.0 Å². The molecular formula is C26H24F2IN5O4S. The predicted octanol–water partition coefficient (Wildman–Crippen LogP) is 5.60. The monoisotopic (exact) mass is 667 g/mol. The van der Waals surface area contributed by atoms with E-state index >= 15 is 4.39 Å². The molecule has 0 atom stereocenters. The van der Waals surface area contributed by atoms with E-state index in [0.29, 0.717) is 27.8 Å². The van der Waals surface area contributed by atoms with Gasteiger partial charge < -0.3 is 9.88 Å². The summed E-state index contributed by atoms with van der Waals surface area (Å²) in [4.78, 5) is 26.8. The van der Waals surface area contributed by atoms with E-state index in [9.17, 15) is 23.1 Å². The molecule has 13 heteroatoms. The maximum atomic E-state index is 15.6. The summed E-state index contributed by atoms with van der Waals surface area (Å²) in [5, 5.41) is 7.18. The predicted molar refractivity (Wildman–Crippen MR) is 157 cm³/mol. The number of aromatic nitrogens is 3. The zero-order chi connectivity index (χ0) is 27.6. The second kappa shape index (κ2) is 9.57. The van der Waals surface area contributed by atoms with Crippen LogP contribution >= 0.6 is 33.4 Å². The Kier molecular flexibility index (Phi) is 6.44. The largest absolute Gasteiger partial charge is 0.350 e. The number of rotatable bonds is 5. The fourth-order valence-corrected chi connectivity index (χ4v) is 6.98. The maximum absolute atomic E-state index is 15.6. The van der Waals surface area contributed by atoms with Gasteiger partial charge in [0.15, 0.2) is 0 Å². The van der Waals surface area contributed by atoms with Crippen LogP contribution in [0.25, 0.3) is 22.2 Å². The molecule has 6 rings (SSSR count). The lowest BCUT2D eigenvalue weighted by Gasteiger charge is -2.38. The molecule has 1 aliphatic heterocycles. The Hall–Kier alpha value is -3.01. The van der Waals surface area contributed by atoms with Gasteiger partial charge in [-0.1, -0.05) is 12.1 Å². The Morgan fingerprint density at radius 2 is 1.87 bits per heavy atom. The van der Waals surface area contributed by atoms with E-state index in [2.05, 4.69) is 10.4 Å². The van der Waals surface area contributed by atoms with E-state index in [0.717, 1.165) is 17.4 Å². The first-order valence-electron chi connectivity index (χ1n) is 12.3. The molecule has 2 aromatic heterocycles. The number of anilines is 3. The zero-order valence-corrected chi connectivity index (χ0v) is 23.7. The molecule has 1 saturated heterocycles. The second-order valence-electron chi connectivity index (χ2n) is 9.70. The quantitative estimate of drug-likeness (QED) is 0.238. The first kappa shape index (κ1) is 26.2. The van der Waals surface area contributed by atoms with Crippen molar-refractivity contribution >= 4 is 61.3 Å². The van der Waals surface area contributed by atoms with E-state index in [1.54, 1.807) is 34.6 Å². The first-order chi connectivity index (χ1) is 18.6. The van der Waals surface area contributed by atoms with Crippen molar-refractivity contribution in [1.82, 2.24) is 14.3 Å². The van der Waals surface area contributed by atoms with Gasteiger partial charge in [0.1, 0.15) is 11.5 Å². The van der Waals surface area contributed by atoms with Crippen LogP contribution in [-0.4, -0.2) is 35.8 Å². The minimum atomic E-state index is -2.96. The highest BCUT2D eigenvalue weighted by Crippen LogP contribution is 2.51. The van der Waals surface area contributed by atoms with Crippen molar-refractivity contribution in [3.63, 3.8) is 0 Å². The van der Waals surface area contributed by atoms with Crippen molar-refractivity contribution in [1.29, 1.82) is 0 Å². The second-order valence-corrected chi connectivity index (χ2v) is 13.1. The number of pyridine rings is 1. The number of hydrogen-bond acceptors (Lipinski definition) is 7. The van der Waals surface area contributed by atoms with Crippen LogP contribution in [0.2, 0.25) is 0 Å². The third-order valence-electron chi connectivity index (χ3n) is 7.01. The number of benzene rings is 2. The van der Waals surface area contributed by atoms with Crippen molar-refractivity contribution in [2.75, 3.05) is 21.9 Å². The first-order valence-corrected chi connectivity index (χ1v) is 15.0. The van der Waals surface area contributed by atoms with Crippen molar-refractivity contribution in [2.45, 2.75) is 25.3 Å². The molecule has 0 radical (unpaired) electrons. The third kappa shape index (κ3) is 4.50. The van der Waals surface area contributed by atoms with Gasteiger partial charge in [-0.25, -0.2) is 9.07 Å². The molecule has 1 saturated carbocycles. The fourth-order valence-electron chi connectivity index (χ4n) is 4.92. The molecule has 2 fully saturated rings. The molecule has 3 heterocycles. The standard InChI is InChI=1S/C26H24F2IN5O4S/c1-32-24-20(23(21(28)26(32)36)30-19-9-6-15(29)13-18(19)27)25(35)34(16-7-8-16)31-22(24)14-4-2-5-17(12-14)33-10-3-11-39(33,37)38/h2,4-6,9,12-13,16,30,37-38H,3,7-8,10-11H2,1H3. The molecule has 1 aliphatic carbocycles. The van der Waals surface area contributed by atoms with E-state index in [-0.39, 0.29) is 34.1 Å². The smallest absolute Gasteiger partial charge is 0.289 e. The van der Waals surface area contributed by atoms with Gasteiger partial charge in [0.25, 0.3) is 11.1 Å².